The molecule has 2 nitrogen and oxygen atoms in total. The molecule has 347 valence electrons. The minimum absolute atomic E-state index is 0.0370. The molecule has 1 radical (unpaired) electrons. The average molecular weight is 934 g/mol. The standard InChI is InChI=1S/C67H62BN2Si/c1-42-37-51-52(65(4,5)36-35-64(51,2)3)40-57(42)70-58-41-54-53(66(6,7)49-30-18-19-31-50(49)67(54,8)9)39-55(58)68-61-48(38-43-23-16-17-28-46(43)63(61)70)47-29-22-34-60-62(47)69-56-32-20-21-33-59(56)71(60,44-24-12-10-13-25-44)45-26-14-11-15-27-45/h10-34,37-41,69H,35-36H2,1-9H3. The van der Waals surface area contributed by atoms with E-state index >= 15 is 0 Å². The van der Waals surface area contributed by atoms with E-state index in [4.69, 9.17) is 0 Å². The molecule has 71 heavy (non-hydrogen) atoms. The van der Waals surface area contributed by atoms with Crippen LogP contribution >= 0.6 is 0 Å². The summed E-state index contributed by atoms with van der Waals surface area (Å²) in [5.74, 6) is 0. The number of para-hydroxylation sites is 2. The molecule has 0 unspecified atom stereocenters. The van der Waals surface area contributed by atoms with Gasteiger partial charge in [0, 0.05) is 50.2 Å². The van der Waals surface area contributed by atoms with E-state index in [0.717, 1.165) is 6.42 Å². The van der Waals surface area contributed by atoms with Gasteiger partial charge in [-0.1, -0.05) is 219 Å². The highest BCUT2D eigenvalue weighted by Gasteiger charge is 2.48. The van der Waals surface area contributed by atoms with E-state index in [1.807, 2.05) is 0 Å². The highest BCUT2D eigenvalue weighted by molar-refractivity contribution is 7.21. The lowest BCUT2D eigenvalue weighted by molar-refractivity contribution is 0.332. The first-order chi connectivity index (χ1) is 34.1. The molecule has 2 heterocycles. The van der Waals surface area contributed by atoms with Gasteiger partial charge in [-0.2, -0.15) is 0 Å². The number of benzene rings is 9. The summed E-state index contributed by atoms with van der Waals surface area (Å²) >= 11 is 0. The molecule has 0 saturated carbocycles. The molecule has 0 atom stereocenters. The molecule has 4 aliphatic rings. The van der Waals surface area contributed by atoms with E-state index in [2.05, 4.69) is 262 Å². The Morgan fingerprint density at radius 1 is 0.479 bits per heavy atom. The number of anilines is 5. The summed E-state index contributed by atoms with van der Waals surface area (Å²) in [5, 5.41) is 12.2. The third kappa shape index (κ3) is 6.19. The van der Waals surface area contributed by atoms with Crippen LogP contribution in [0, 0.1) is 6.92 Å². The Balaban J connectivity index is 1.14. The predicted octanol–water partition coefficient (Wildman–Crippen LogP) is 13.0. The zero-order valence-electron chi connectivity index (χ0n) is 42.8. The van der Waals surface area contributed by atoms with Crippen molar-refractivity contribution in [3.05, 3.63) is 221 Å². The Morgan fingerprint density at radius 3 is 1.70 bits per heavy atom. The first kappa shape index (κ1) is 44.1. The van der Waals surface area contributed by atoms with Crippen LogP contribution in [0.3, 0.4) is 0 Å². The van der Waals surface area contributed by atoms with E-state index in [9.17, 15) is 0 Å². The summed E-state index contributed by atoms with van der Waals surface area (Å²) in [6, 6.07) is 70.2. The fourth-order valence-electron chi connectivity index (χ4n) is 13.8. The van der Waals surface area contributed by atoms with Crippen molar-refractivity contribution in [2.45, 2.75) is 96.8 Å². The van der Waals surface area contributed by atoms with Crippen LogP contribution in [-0.4, -0.2) is 15.4 Å². The minimum Gasteiger partial charge on any atom is -0.355 e. The second-order valence-corrected chi connectivity index (χ2v) is 27.2. The fourth-order valence-corrected chi connectivity index (χ4v) is 18.9. The van der Waals surface area contributed by atoms with Gasteiger partial charge in [0.1, 0.15) is 0 Å². The Labute approximate surface area is 423 Å². The lowest BCUT2D eigenvalue weighted by atomic mass is 9.54. The summed E-state index contributed by atoms with van der Waals surface area (Å²) in [4.78, 5) is 2.71. The maximum Gasteiger partial charge on any atom is 0.197 e. The van der Waals surface area contributed by atoms with E-state index in [0.29, 0.717) is 0 Å². The van der Waals surface area contributed by atoms with Gasteiger partial charge in [-0.15, -0.1) is 0 Å². The Bertz CT molecular complexity index is 3640. The van der Waals surface area contributed by atoms with Crippen molar-refractivity contribution in [2.24, 2.45) is 0 Å². The normalized spacial score (nSPS) is 17.7. The number of hydrogen-bond acceptors (Lipinski definition) is 2. The van der Waals surface area contributed by atoms with Crippen LogP contribution in [0.2, 0.25) is 0 Å². The topological polar surface area (TPSA) is 15.3 Å². The van der Waals surface area contributed by atoms with E-state index < -0.39 is 8.07 Å². The van der Waals surface area contributed by atoms with E-state index in [-0.39, 0.29) is 21.7 Å². The quantitative estimate of drug-likeness (QED) is 0.177. The Kier molecular flexibility index (Phi) is 9.51. The van der Waals surface area contributed by atoms with Crippen molar-refractivity contribution in [3.63, 3.8) is 0 Å². The Hall–Kier alpha value is -6.88. The third-order valence-electron chi connectivity index (χ3n) is 17.8. The number of nitrogens with one attached hydrogen (secondary N) is 1. The zero-order valence-corrected chi connectivity index (χ0v) is 43.8. The lowest BCUT2D eigenvalue weighted by Crippen LogP contribution is -2.76. The molecule has 2 aliphatic heterocycles. The SMILES string of the molecule is Cc1cc2c(cc1N1c3cc4c(cc3[B]c3c(-c5cccc6c5Nc5ccccc5[Si]6(c5ccccc5)c5ccccc5)cc5ccccc5c31)C(C)(C)c1ccccc1C4(C)C)C(C)(C)CCC2(C)C. The second-order valence-electron chi connectivity index (χ2n) is 23.5. The van der Waals surface area contributed by atoms with Gasteiger partial charge in [-0.25, -0.2) is 0 Å². The maximum atomic E-state index is 4.16. The monoisotopic (exact) mass is 933 g/mol. The predicted molar refractivity (Wildman–Crippen MR) is 307 cm³/mol. The molecule has 0 aromatic heterocycles. The van der Waals surface area contributed by atoms with Crippen molar-refractivity contribution in [3.8, 4) is 11.1 Å². The molecular weight excluding hydrogens is 872 g/mol. The number of fused-ring (bicyclic) bond motifs is 9. The van der Waals surface area contributed by atoms with Gasteiger partial charge in [0.25, 0.3) is 0 Å². The van der Waals surface area contributed by atoms with Crippen molar-refractivity contribution in [2.75, 3.05) is 10.2 Å². The van der Waals surface area contributed by atoms with Gasteiger partial charge < -0.3 is 10.2 Å². The highest BCUT2D eigenvalue weighted by atomic mass is 28.3. The molecular formula is C67H62BN2Si. The van der Waals surface area contributed by atoms with Crippen molar-refractivity contribution in [1.82, 2.24) is 0 Å². The zero-order chi connectivity index (χ0) is 48.8. The second kappa shape index (κ2) is 15.3. The molecule has 0 saturated heterocycles. The third-order valence-corrected chi connectivity index (χ3v) is 22.7. The number of hydrogen-bond donors (Lipinski definition) is 1. The summed E-state index contributed by atoms with van der Waals surface area (Å²) < 4.78 is 0. The van der Waals surface area contributed by atoms with Crippen LogP contribution in [0.4, 0.5) is 28.4 Å². The van der Waals surface area contributed by atoms with Gasteiger partial charge in [0.2, 0.25) is 0 Å². The number of rotatable bonds is 4. The number of aryl methyl sites for hydroxylation is 1. The summed E-state index contributed by atoms with van der Waals surface area (Å²) in [7, 11) is -0.301. The van der Waals surface area contributed by atoms with Gasteiger partial charge in [0.15, 0.2) is 15.4 Å². The molecule has 4 heteroatoms. The van der Waals surface area contributed by atoms with E-state index in [1.54, 1.807) is 0 Å². The molecule has 0 fully saturated rings. The summed E-state index contributed by atoms with van der Waals surface area (Å²) in [6.07, 6.45) is 2.34. The molecule has 9 aromatic rings. The van der Waals surface area contributed by atoms with Gasteiger partial charge >= 0.3 is 0 Å². The molecule has 13 rings (SSSR count). The van der Waals surface area contributed by atoms with Crippen LogP contribution in [0.5, 0.6) is 0 Å². The van der Waals surface area contributed by atoms with Crippen LogP contribution in [0.15, 0.2) is 182 Å². The van der Waals surface area contributed by atoms with Crippen molar-refractivity contribution >= 4 is 86.2 Å². The fraction of sp³-hybridized carbons (Fsp3) is 0.224. The Morgan fingerprint density at radius 2 is 1.03 bits per heavy atom. The molecule has 2 aliphatic carbocycles. The largest absolute Gasteiger partial charge is 0.355 e. The smallest absolute Gasteiger partial charge is 0.197 e. The van der Waals surface area contributed by atoms with Crippen LogP contribution in [0.1, 0.15) is 107 Å². The molecule has 1 N–H and O–H groups in total. The van der Waals surface area contributed by atoms with Crippen LogP contribution in [0.25, 0.3) is 21.9 Å². The van der Waals surface area contributed by atoms with Gasteiger partial charge in [-0.05, 0) is 131 Å². The van der Waals surface area contributed by atoms with Gasteiger partial charge in [-0.3, -0.25) is 0 Å². The lowest BCUT2D eigenvalue weighted by Gasteiger charge is -2.46. The summed E-state index contributed by atoms with van der Waals surface area (Å²) in [5.41, 5.74) is 20.8. The first-order valence-corrected chi connectivity index (χ1v) is 27.9. The number of nitrogens with zero attached hydrogens (tertiary/aromatic N) is 1. The molecule has 0 spiro atoms. The molecule has 0 bridgehead atoms. The summed E-state index contributed by atoms with van der Waals surface area (Å²) in [6.45, 7) is 22.0. The average Bonchev–Trinajstić information content (AvgIpc) is 3.38. The van der Waals surface area contributed by atoms with Gasteiger partial charge in [0.05, 0.1) is 0 Å². The molecule has 9 aromatic carbocycles. The van der Waals surface area contributed by atoms with Crippen LogP contribution < -0.4 is 41.9 Å². The molecule has 0 amide bonds. The highest BCUT2D eigenvalue weighted by Crippen LogP contribution is 2.54. The first-order valence-electron chi connectivity index (χ1n) is 25.9. The maximum absolute atomic E-state index is 4.16. The van der Waals surface area contributed by atoms with Crippen LogP contribution in [-0.2, 0) is 21.7 Å². The van der Waals surface area contributed by atoms with E-state index in [1.165, 1.54) is 127 Å². The van der Waals surface area contributed by atoms with Crippen molar-refractivity contribution in [1.29, 1.82) is 0 Å². The van der Waals surface area contributed by atoms with Crippen molar-refractivity contribution < 1.29 is 0 Å². The minimum atomic E-state index is -2.86.